The second kappa shape index (κ2) is 9.42. The molecule has 28 heavy (non-hydrogen) atoms. The van der Waals surface area contributed by atoms with Gasteiger partial charge in [0.05, 0.1) is 18.9 Å². The van der Waals surface area contributed by atoms with E-state index in [9.17, 15) is 19.2 Å². The third-order valence-corrected chi connectivity index (χ3v) is 4.18. The van der Waals surface area contributed by atoms with Crippen molar-refractivity contribution in [2.75, 3.05) is 12.4 Å². The van der Waals surface area contributed by atoms with Gasteiger partial charge in [0.15, 0.2) is 12.3 Å². The predicted octanol–water partition coefficient (Wildman–Crippen LogP) is 0.301. The second-order valence-corrected chi connectivity index (χ2v) is 6.21. The molecule has 1 aliphatic rings. The number of carbonyl (C=O) groups is 3. The Labute approximate surface area is 160 Å². The van der Waals surface area contributed by atoms with Crippen LogP contribution in [-0.4, -0.2) is 57.9 Å². The standard InChI is InChI=1S/C17H23N3O8/c1-4-10-14(28-13(24)6-5-12(22)23)15(26-3)16(27-10)20-8-7-11(18-9(2)21)19-17(20)25/h7-8,10,14-16H,4-6H2,1-3H3,(H,22,23)(H,18,19,21,25)/t10-,14+,15?,16-/m1/s1. The minimum atomic E-state index is -1.11. The van der Waals surface area contributed by atoms with Crippen molar-refractivity contribution in [3.05, 3.63) is 22.7 Å². The minimum Gasteiger partial charge on any atom is -0.481 e. The van der Waals surface area contributed by atoms with Crippen LogP contribution in [0.2, 0.25) is 0 Å². The number of carbonyl (C=O) groups excluding carboxylic acids is 2. The maximum atomic E-state index is 12.4. The van der Waals surface area contributed by atoms with Gasteiger partial charge < -0.3 is 24.6 Å². The topological polar surface area (TPSA) is 146 Å². The molecule has 154 valence electrons. The molecule has 1 unspecified atom stereocenters. The third kappa shape index (κ3) is 5.14. The Balaban J connectivity index is 2.21. The van der Waals surface area contributed by atoms with Gasteiger partial charge in [-0.1, -0.05) is 6.92 Å². The first kappa shape index (κ1) is 21.5. The van der Waals surface area contributed by atoms with Crippen molar-refractivity contribution >= 4 is 23.7 Å². The van der Waals surface area contributed by atoms with E-state index in [2.05, 4.69) is 10.3 Å². The smallest absolute Gasteiger partial charge is 0.351 e. The lowest BCUT2D eigenvalue weighted by atomic mass is 10.1. The monoisotopic (exact) mass is 397 g/mol. The van der Waals surface area contributed by atoms with E-state index in [1.54, 1.807) is 0 Å². The number of amides is 1. The highest BCUT2D eigenvalue weighted by atomic mass is 16.6. The zero-order chi connectivity index (χ0) is 20.8. The molecule has 1 aliphatic heterocycles. The average Bonchev–Trinajstić information content (AvgIpc) is 2.96. The van der Waals surface area contributed by atoms with Crippen LogP contribution < -0.4 is 11.0 Å². The van der Waals surface area contributed by atoms with E-state index < -0.39 is 42.2 Å². The summed E-state index contributed by atoms with van der Waals surface area (Å²) in [5, 5.41) is 11.1. The van der Waals surface area contributed by atoms with Gasteiger partial charge in [-0.15, -0.1) is 0 Å². The molecule has 1 aromatic rings. The lowest BCUT2D eigenvalue weighted by Crippen LogP contribution is -2.39. The Hall–Kier alpha value is -2.79. The van der Waals surface area contributed by atoms with Gasteiger partial charge in [0.1, 0.15) is 11.9 Å². The van der Waals surface area contributed by atoms with Gasteiger partial charge >= 0.3 is 17.6 Å². The molecule has 0 aromatic carbocycles. The quantitative estimate of drug-likeness (QED) is 0.591. The summed E-state index contributed by atoms with van der Waals surface area (Å²) in [6.07, 6.45) is -1.83. The molecule has 1 fully saturated rings. The first-order valence-corrected chi connectivity index (χ1v) is 8.73. The Morgan fingerprint density at radius 1 is 1.32 bits per heavy atom. The lowest BCUT2D eigenvalue weighted by molar-refractivity contribution is -0.158. The number of carboxylic acid groups (broad SMARTS) is 1. The molecule has 1 aromatic heterocycles. The van der Waals surface area contributed by atoms with Crippen molar-refractivity contribution in [1.82, 2.24) is 9.55 Å². The fourth-order valence-electron chi connectivity index (χ4n) is 2.93. The zero-order valence-corrected chi connectivity index (χ0v) is 15.8. The maximum absolute atomic E-state index is 12.4. The highest BCUT2D eigenvalue weighted by Crippen LogP contribution is 2.34. The molecular weight excluding hydrogens is 374 g/mol. The summed E-state index contributed by atoms with van der Waals surface area (Å²) in [4.78, 5) is 49.8. The first-order chi connectivity index (χ1) is 13.3. The summed E-state index contributed by atoms with van der Waals surface area (Å²) < 4.78 is 17.9. The van der Waals surface area contributed by atoms with Crippen LogP contribution in [0, 0.1) is 0 Å². The van der Waals surface area contributed by atoms with Crippen molar-refractivity contribution in [3.63, 3.8) is 0 Å². The average molecular weight is 397 g/mol. The summed E-state index contributed by atoms with van der Waals surface area (Å²) in [6, 6.07) is 1.44. The number of aliphatic carboxylic acids is 1. The van der Waals surface area contributed by atoms with Crippen LogP contribution >= 0.6 is 0 Å². The number of esters is 1. The van der Waals surface area contributed by atoms with E-state index in [4.69, 9.17) is 19.3 Å². The number of hydrogen-bond acceptors (Lipinski definition) is 8. The summed E-state index contributed by atoms with van der Waals surface area (Å²) in [6.45, 7) is 3.11. The summed E-state index contributed by atoms with van der Waals surface area (Å²) in [5.41, 5.74) is -0.675. The molecule has 11 nitrogen and oxygen atoms in total. The molecule has 0 radical (unpaired) electrons. The Morgan fingerprint density at radius 2 is 2.04 bits per heavy atom. The fourth-order valence-corrected chi connectivity index (χ4v) is 2.93. The summed E-state index contributed by atoms with van der Waals surface area (Å²) in [5.74, 6) is -2.06. The van der Waals surface area contributed by atoms with Crippen molar-refractivity contribution in [2.24, 2.45) is 0 Å². The number of rotatable bonds is 8. The highest BCUT2D eigenvalue weighted by molar-refractivity contribution is 5.87. The molecule has 0 saturated carbocycles. The Kier molecular flexibility index (Phi) is 7.24. The SMILES string of the molecule is CC[C@H]1O[C@@H](n2ccc(NC(C)=O)nc2=O)C(OC)[C@H]1OC(=O)CCC(=O)O. The van der Waals surface area contributed by atoms with E-state index in [0.717, 1.165) is 0 Å². The van der Waals surface area contributed by atoms with Crippen LogP contribution in [0.15, 0.2) is 17.1 Å². The van der Waals surface area contributed by atoms with Crippen molar-refractivity contribution in [2.45, 2.75) is 57.6 Å². The van der Waals surface area contributed by atoms with Gasteiger partial charge in [-0.05, 0) is 12.5 Å². The van der Waals surface area contributed by atoms with Crippen molar-refractivity contribution < 1.29 is 33.7 Å². The van der Waals surface area contributed by atoms with Gasteiger partial charge in [-0.2, -0.15) is 4.98 Å². The van der Waals surface area contributed by atoms with Crippen LogP contribution in [0.4, 0.5) is 5.82 Å². The van der Waals surface area contributed by atoms with Gasteiger partial charge in [0, 0.05) is 20.2 Å². The van der Waals surface area contributed by atoms with E-state index in [-0.39, 0.29) is 24.6 Å². The second-order valence-electron chi connectivity index (χ2n) is 6.21. The zero-order valence-electron chi connectivity index (χ0n) is 15.8. The van der Waals surface area contributed by atoms with Crippen LogP contribution in [0.3, 0.4) is 0 Å². The molecule has 0 spiro atoms. The summed E-state index contributed by atoms with van der Waals surface area (Å²) >= 11 is 0. The molecular formula is C17H23N3O8. The number of anilines is 1. The number of carboxylic acids is 1. The Morgan fingerprint density at radius 3 is 2.57 bits per heavy atom. The molecule has 4 atom stereocenters. The Bertz CT molecular complexity index is 793. The predicted molar refractivity (Wildman–Crippen MR) is 94.5 cm³/mol. The molecule has 11 heteroatoms. The number of ether oxygens (including phenoxy) is 3. The van der Waals surface area contributed by atoms with Crippen molar-refractivity contribution in [3.8, 4) is 0 Å². The third-order valence-electron chi connectivity index (χ3n) is 4.18. The molecule has 1 amide bonds. The van der Waals surface area contributed by atoms with Gasteiger partial charge in [-0.3, -0.25) is 19.0 Å². The number of nitrogens with zero attached hydrogens (tertiary/aromatic N) is 2. The van der Waals surface area contributed by atoms with Crippen LogP contribution in [0.5, 0.6) is 0 Å². The molecule has 2 heterocycles. The number of nitrogens with one attached hydrogen (secondary N) is 1. The van der Waals surface area contributed by atoms with E-state index >= 15 is 0 Å². The molecule has 1 saturated heterocycles. The van der Waals surface area contributed by atoms with Gasteiger partial charge in [-0.25, -0.2) is 4.79 Å². The molecule has 2 rings (SSSR count). The summed E-state index contributed by atoms with van der Waals surface area (Å²) in [7, 11) is 1.39. The molecule has 0 aliphatic carbocycles. The molecule has 0 bridgehead atoms. The first-order valence-electron chi connectivity index (χ1n) is 8.73. The minimum absolute atomic E-state index is 0.101. The number of methoxy groups -OCH3 is 1. The van der Waals surface area contributed by atoms with Gasteiger partial charge in [0.2, 0.25) is 5.91 Å². The fraction of sp³-hybridized carbons (Fsp3) is 0.588. The van der Waals surface area contributed by atoms with Gasteiger partial charge in [0.25, 0.3) is 0 Å². The lowest BCUT2D eigenvalue weighted by Gasteiger charge is -2.23. The molecule has 2 N–H and O–H groups in total. The van der Waals surface area contributed by atoms with E-state index in [0.29, 0.717) is 6.42 Å². The van der Waals surface area contributed by atoms with Crippen LogP contribution in [0.25, 0.3) is 0 Å². The maximum Gasteiger partial charge on any atom is 0.351 e. The van der Waals surface area contributed by atoms with Crippen molar-refractivity contribution in [1.29, 1.82) is 0 Å². The highest BCUT2D eigenvalue weighted by Gasteiger charge is 2.48. The van der Waals surface area contributed by atoms with Crippen LogP contribution in [0.1, 0.15) is 39.3 Å². The number of aromatic nitrogens is 2. The van der Waals surface area contributed by atoms with E-state index in [1.807, 2.05) is 6.92 Å². The normalized spacial score (nSPS) is 24.0. The van der Waals surface area contributed by atoms with E-state index in [1.165, 1.54) is 30.9 Å². The van der Waals surface area contributed by atoms with Crippen LogP contribution in [-0.2, 0) is 28.6 Å². The number of hydrogen-bond donors (Lipinski definition) is 2. The largest absolute Gasteiger partial charge is 0.481 e.